The molecule has 23 heavy (non-hydrogen) atoms. The molecule has 116 valence electrons. The summed E-state index contributed by atoms with van der Waals surface area (Å²) >= 11 is 0. The molecule has 5 heteroatoms. The molecule has 2 atom stereocenters. The summed E-state index contributed by atoms with van der Waals surface area (Å²) in [6.07, 6.45) is 6.04. The molecule has 2 aliphatic heterocycles. The summed E-state index contributed by atoms with van der Waals surface area (Å²) in [6.45, 7) is 0.193. The molecular formula is C18H16N2O3. The molecule has 0 aliphatic carbocycles. The van der Waals surface area contributed by atoms with E-state index in [0.717, 1.165) is 5.56 Å². The maximum Gasteiger partial charge on any atom is 0.355 e. The number of β-lactam (4-membered cyclic amide) rings is 1. The first-order valence-corrected chi connectivity index (χ1v) is 7.51. The van der Waals surface area contributed by atoms with E-state index in [1.165, 1.54) is 11.0 Å². The first-order chi connectivity index (χ1) is 11.2. The average molecular weight is 308 g/mol. The van der Waals surface area contributed by atoms with Crippen LogP contribution in [0.2, 0.25) is 0 Å². The van der Waals surface area contributed by atoms with E-state index in [2.05, 4.69) is 0 Å². The van der Waals surface area contributed by atoms with Crippen molar-refractivity contribution in [2.75, 3.05) is 0 Å². The van der Waals surface area contributed by atoms with Gasteiger partial charge in [0.1, 0.15) is 12.3 Å². The van der Waals surface area contributed by atoms with Gasteiger partial charge in [0, 0.05) is 6.08 Å². The van der Waals surface area contributed by atoms with Crippen molar-refractivity contribution in [1.29, 1.82) is 5.26 Å². The van der Waals surface area contributed by atoms with Crippen LogP contribution in [0.4, 0.5) is 0 Å². The van der Waals surface area contributed by atoms with Crippen LogP contribution in [-0.4, -0.2) is 22.8 Å². The van der Waals surface area contributed by atoms with E-state index in [0.29, 0.717) is 18.5 Å². The van der Waals surface area contributed by atoms with Crippen molar-refractivity contribution >= 4 is 11.9 Å². The SMILES string of the molecule is N#CC=CCC1C(=O)N2C(C(=O)OCc3ccccc3)=CCC12. The van der Waals surface area contributed by atoms with Crippen molar-refractivity contribution in [3.63, 3.8) is 0 Å². The molecule has 0 radical (unpaired) electrons. The predicted octanol–water partition coefficient (Wildman–Crippen LogP) is 2.31. The van der Waals surface area contributed by atoms with Gasteiger partial charge in [-0.15, -0.1) is 0 Å². The van der Waals surface area contributed by atoms with Gasteiger partial charge >= 0.3 is 5.97 Å². The fraction of sp³-hybridized carbons (Fsp3) is 0.278. The van der Waals surface area contributed by atoms with Gasteiger partial charge in [-0.05, 0) is 18.4 Å². The van der Waals surface area contributed by atoms with Gasteiger partial charge in [-0.1, -0.05) is 42.5 Å². The van der Waals surface area contributed by atoms with Crippen molar-refractivity contribution in [1.82, 2.24) is 4.90 Å². The number of ether oxygens (including phenoxy) is 1. The number of esters is 1. The topological polar surface area (TPSA) is 70.4 Å². The van der Waals surface area contributed by atoms with Gasteiger partial charge in [-0.2, -0.15) is 5.26 Å². The average Bonchev–Trinajstić information content (AvgIpc) is 2.98. The summed E-state index contributed by atoms with van der Waals surface area (Å²) < 4.78 is 5.29. The zero-order valence-corrected chi connectivity index (χ0v) is 12.5. The first-order valence-electron chi connectivity index (χ1n) is 7.51. The van der Waals surface area contributed by atoms with E-state index in [4.69, 9.17) is 10.00 Å². The molecule has 1 saturated heterocycles. The lowest BCUT2D eigenvalue weighted by molar-refractivity contribution is -0.157. The third-order valence-corrected chi connectivity index (χ3v) is 4.17. The Kier molecular flexibility index (Phi) is 4.24. The number of carbonyl (C=O) groups excluding carboxylic acids is 2. The van der Waals surface area contributed by atoms with E-state index >= 15 is 0 Å². The molecule has 2 heterocycles. The predicted molar refractivity (Wildman–Crippen MR) is 82.4 cm³/mol. The molecule has 1 aromatic rings. The highest BCUT2D eigenvalue weighted by molar-refractivity contribution is 5.99. The minimum atomic E-state index is -0.462. The number of fused-ring (bicyclic) bond motifs is 1. The van der Waals surface area contributed by atoms with Crippen LogP contribution in [-0.2, 0) is 20.9 Å². The molecule has 0 spiro atoms. The van der Waals surface area contributed by atoms with Crippen LogP contribution in [0.15, 0.2) is 54.3 Å². The summed E-state index contributed by atoms with van der Waals surface area (Å²) in [5.41, 5.74) is 1.25. The molecule has 1 aromatic carbocycles. The molecule has 0 saturated carbocycles. The third kappa shape index (κ3) is 2.88. The highest BCUT2D eigenvalue weighted by atomic mass is 16.5. The van der Waals surface area contributed by atoms with E-state index in [1.54, 1.807) is 12.2 Å². The minimum absolute atomic E-state index is 0.0186. The number of hydrogen-bond acceptors (Lipinski definition) is 4. The van der Waals surface area contributed by atoms with Crippen molar-refractivity contribution in [3.05, 3.63) is 59.8 Å². The standard InChI is InChI=1S/C18H16N2O3/c19-11-5-4-8-14-15-9-10-16(20(15)17(14)21)18(22)23-12-13-6-2-1-3-7-13/h1-7,10,14-15H,8-9,12H2. The highest BCUT2D eigenvalue weighted by Crippen LogP contribution is 2.40. The molecule has 3 rings (SSSR count). The summed E-state index contributed by atoms with van der Waals surface area (Å²) in [6, 6.07) is 11.4. The molecule has 1 fully saturated rings. The normalized spacial score (nSPS) is 22.3. The Morgan fingerprint density at radius 1 is 1.39 bits per heavy atom. The Morgan fingerprint density at radius 3 is 2.91 bits per heavy atom. The zero-order valence-electron chi connectivity index (χ0n) is 12.5. The fourth-order valence-electron chi connectivity index (χ4n) is 3.01. The van der Waals surface area contributed by atoms with Crippen LogP contribution in [0, 0.1) is 17.2 Å². The van der Waals surface area contributed by atoms with Crippen LogP contribution in [0.5, 0.6) is 0 Å². The van der Waals surface area contributed by atoms with Crippen LogP contribution < -0.4 is 0 Å². The number of benzene rings is 1. The molecule has 1 amide bonds. The Bertz CT molecular complexity index is 716. The molecule has 2 unspecified atom stereocenters. The number of hydrogen-bond donors (Lipinski definition) is 0. The number of carbonyl (C=O) groups is 2. The molecule has 5 nitrogen and oxygen atoms in total. The Hall–Kier alpha value is -2.87. The van der Waals surface area contributed by atoms with E-state index in [1.807, 2.05) is 36.4 Å². The summed E-state index contributed by atoms with van der Waals surface area (Å²) in [5.74, 6) is -0.677. The quantitative estimate of drug-likeness (QED) is 0.475. The maximum absolute atomic E-state index is 12.2. The molecule has 0 N–H and O–H groups in total. The van der Waals surface area contributed by atoms with E-state index in [-0.39, 0.29) is 24.5 Å². The second kappa shape index (κ2) is 6.49. The minimum Gasteiger partial charge on any atom is -0.456 e. The van der Waals surface area contributed by atoms with Crippen LogP contribution in [0.1, 0.15) is 18.4 Å². The number of nitrogens with zero attached hydrogens (tertiary/aromatic N) is 2. The number of nitriles is 1. The Balaban J connectivity index is 1.56. The molecule has 2 aliphatic rings. The zero-order chi connectivity index (χ0) is 16.2. The molecule has 0 aromatic heterocycles. The van der Waals surface area contributed by atoms with Gasteiger partial charge in [0.15, 0.2) is 0 Å². The number of rotatable bonds is 5. The second-order valence-corrected chi connectivity index (χ2v) is 5.54. The van der Waals surface area contributed by atoms with Crippen molar-refractivity contribution < 1.29 is 14.3 Å². The lowest BCUT2D eigenvalue weighted by Gasteiger charge is -2.43. The Morgan fingerprint density at radius 2 is 2.17 bits per heavy atom. The van der Waals surface area contributed by atoms with Gasteiger partial charge < -0.3 is 9.64 Å². The van der Waals surface area contributed by atoms with Gasteiger partial charge in [0.2, 0.25) is 5.91 Å². The summed E-state index contributed by atoms with van der Waals surface area (Å²) in [4.78, 5) is 25.9. The molecule has 0 bridgehead atoms. The molecular weight excluding hydrogens is 292 g/mol. The maximum atomic E-state index is 12.2. The smallest absolute Gasteiger partial charge is 0.355 e. The summed E-state index contributed by atoms with van der Waals surface area (Å²) in [7, 11) is 0. The number of allylic oxidation sites excluding steroid dienone is 2. The van der Waals surface area contributed by atoms with Gasteiger partial charge in [0.25, 0.3) is 0 Å². The second-order valence-electron chi connectivity index (χ2n) is 5.54. The van der Waals surface area contributed by atoms with E-state index in [9.17, 15) is 9.59 Å². The van der Waals surface area contributed by atoms with Crippen molar-refractivity contribution in [2.45, 2.75) is 25.5 Å². The highest BCUT2D eigenvalue weighted by Gasteiger charge is 2.51. The van der Waals surface area contributed by atoms with Crippen LogP contribution >= 0.6 is 0 Å². The van der Waals surface area contributed by atoms with Gasteiger partial charge in [-0.3, -0.25) is 4.79 Å². The number of amides is 1. The third-order valence-electron chi connectivity index (χ3n) is 4.17. The van der Waals surface area contributed by atoms with Crippen molar-refractivity contribution in [3.8, 4) is 6.07 Å². The van der Waals surface area contributed by atoms with Crippen LogP contribution in [0.3, 0.4) is 0 Å². The lowest BCUT2D eigenvalue weighted by Crippen LogP contribution is -2.58. The van der Waals surface area contributed by atoms with Gasteiger partial charge in [0.05, 0.1) is 18.0 Å². The monoisotopic (exact) mass is 308 g/mol. The van der Waals surface area contributed by atoms with E-state index < -0.39 is 5.97 Å². The first kappa shape index (κ1) is 15.0. The van der Waals surface area contributed by atoms with Crippen molar-refractivity contribution in [2.24, 2.45) is 5.92 Å². The van der Waals surface area contributed by atoms with Crippen LogP contribution in [0.25, 0.3) is 0 Å². The lowest BCUT2D eigenvalue weighted by atomic mass is 9.85. The Labute approximate surface area is 134 Å². The fourth-order valence-corrected chi connectivity index (χ4v) is 3.01. The summed E-state index contributed by atoms with van der Waals surface area (Å²) in [5, 5.41) is 8.49. The largest absolute Gasteiger partial charge is 0.456 e. The van der Waals surface area contributed by atoms with Gasteiger partial charge in [-0.25, -0.2) is 4.79 Å².